The van der Waals surface area contributed by atoms with Crippen molar-refractivity contribution in [2.45, 2.75) is 50.0 Å². The number of carbonyl (C=O) groups excluding carboxylic acids is 3. The number of benzene rings is 1. The van der Waals surface area contributed by atoms with Crippen LogP contribution < -0.4 is 10.6 Å². The zero-order valence-electron chi connectivity index (χ0n) is 13.5. The van der Waals surface area contributed by atoms with Crippen molar-refractivity contribution >= 4 is 17.9 Å². The molecule has 0 spiro atoms. The minimum atomic E-state index is -0.617. The largest absolute Gasteiger partial charge is 0.455 e. The van der Waals surface area contributed by atoms with Gasteiger partial charge < -0.3 is 10.1 Å². The van der Waals surface area contributed by atoms with E-state index in [1.54, 1.807) is 0 Å². The highest BCUT2D eigenvalue weighted by atomic mass is 16.5. The highest BCUT2D eigenvalue weighted by Gasteiger charge is 2.52. The molecule has 2 fully saturated rings. The standard InChI is InChI=1S/C18H22N2O4/c21-15(20-17(23)19-14-8-4-5-9-14)12-24-16(22)18(10-11-18)13-6-2-1-3-7-13/h1-3,6-7,14H,4-5,8-12H2,(H2,19,20,21,23). The topological polar surface area (TPSA) is 84.5 Å². The molecule has 3 amide bonds. The minimum absolute atomic E-state index is 0.133. The van der Waals surface area contributed by atoms with Gasteiger partial charge in [-0.25, -0.2) is 4.79 Å². The maximum absolute atomic E-state index is 12.3. The molecule has 2 saturated carbocycles. The number of carbonyl (C=O) groups is 3. The Balaban J connectivity index is 1.44. The lowest BCUT2D eigenvalue weighted by Crippen LogP contribution is -2.45. The van der Waals surface area contributed by atoms with Gasteiger partial charge in [0.15, 0.2) is 6.61 Å². The third-order valence-electron chi connectivity index (χ3n) is 4.74. The summed E-state index contributed by atoms with van der Waals surface area (Å²) in [4.78, 5) is 35.8. The fourth-order valence-electron chi connectivity index (χ4n) is 3.22. The van der Waals surface area contributed by atoms with E-state index in [2.05, 4.69) is 10.6 Å². The monoisotopic (exact) mass is 330 g/mol. The molecule has 0 atom stereocenters. The Morgan fingerprint density at radius 3 is 2.38 bits per heavy atom. The van der Waals surface area contributed by atoms with E-state index in [4.69, 9.17) is 4.74 Å². The summed E-state index contributed by atoms with van der Waals surface area (Å²) in [6.07, 6.45) is 5.52. The molecule has 0 heterocycles. The fraction of sp³-hybridized carbons (Fsp3) is 0.500. The van der Waals surface area contributed by atoms with Crippen LogP contribution in [0.15, 0.2) is 30.3 Å². The first-order valence-electron chi connectivity index (χ1n) is 8.43. The van der Waals surface area contributed by atoms with E-state index in [0.29, 0.717) is 0 Å². The molecule has 0 aromatic heterocycles. The summed E-state index contributed by atoms with van der Waals surface area (Å²) in [5, 5.41) is 4.96. The van der Waals surface area contributed by atoms with Crippen molar-refractivity contribution in [1.29, 1.82) is 0 Å². The van der Waals surface area contributed by atoms with Gasteiger partial charge in [-0.05, 0) is 31.2 Å². The van der Waals surface area contributed by atoms with Crippen LogP contribution in [0.5, 0.6) is 0 Å². The highest BCUT2D eigenvalue weighted by Crippen LogP contribution is 2.49. The van der Waals surface area contributed by atoms with Crippen molar-refractivity contribution in [2.24, 2.45) is 0 Å². The zero-order chi connectivity index (χ0) is 17.0. The number of nitrogens with one attached hydrogen (secondary N) is 2. The lowest BCUT2D eigenvalue weighted by Gasteiger charge is -2.15. The molecule has 24 heavy (non-hydrogen) atoms. The summed E-state index contributed by atoms with van der Waals surface area (Å²) < 4.78 is 5.13. The molecular formula is C18H22N2O4. The van der Waals surface area contributed by atoms with E-state index < -0.39 is 29.9 Å². The number of urea groups is 1. The van der Waals surface area contributed by atoms with E-state index in [-0.39, 0.29) is 6.04 Å². The average Bonchev–Trinajstić information content (AvgIpc) is 3.25. The molecule has 128 valence electrons. The maximum Gasteiger partial charge on any atom is 0.321 e. The van der Waals surface area contributed by atoms with Crippen LogP contribution in [0.3, 0.4) is 0 Å². The van der Waals surface area contributed by atoms with E-state index in [1.807, 2.05) is 30.3 Å². The van der Waals surface area contributed by atoms with E-state index in [1.165, 1.54) is 0 Å². The van der Waals surface area contributed by atoms with Gasteiger partial charge in [0, 0.05) is 6.04 Å². The smallest absolute Gasteiger partial charge is 0.321 e. The Bertz CT molecular complexity index is 619. The molecule has 1 aromatic rings. The first-order valence-corrected chi connectivity index (χ1v) is 8.43. The highest BCUT2D eigenvalue weighted by molar-refractivity contribution is 5.96. The molecule has 2 aliphatic carbocycles. The Hall–Kier alpha value is -2.37. The molecule has 2 N–H and O–H groups in total. The number of amides is 3. The zero-order valence-corrected chi connectivity index (χ0v) is 13.5. The number of ether oxygens (including phenoxy) is 1. The van der Waals surface area contributed by atoms with Gasteiger partial charge in [0.25, 0.3) is 5.91 Å². The predicted molar refractivity (Wildman–Crippen MR) is 87.2 cm³/mol. The average molecular weight is 330 g/mol. The molecule has 0 saturated heterocycles. The molecule has 3 rings (SSSR count). The van der Waals surface area contributed by atoms with Gasteiger partial charge in [-0.3, -0.25) is 14.9 Å². The van der Waals surface area contributed by atoms with Crippen molar-refractivity contribution in [3.8, 4) is 0 Å². The lowest BCUT2D eigenvalue weighted by molar-refractivity contribution is -0.150. The van der Waals surface area contributed by atoms with Gasteiger partial charge in [-0.15, -0.1) is 0 Å². The summed E-state index contributed by atoms with van der Waals surface area (Å²) in [5.74, 6) is -1.01. The van der Waals surface area contributed by atoms with Crippen LogP contribution in [-0.2, 0) is 19.7 Å². The van der Waals surface area contributed by atoms with E-state index in [0.717, 1.165) is 44.1 Å². The van der Waals surface area contributed by atoms with Gasteiger partial charge in [0.05, 0.1) is 5.41 Å². The minimum Gasteiger partial charge on any atom is -0.455 e. The number of imide groups is 1. The molecule has 0 aliphatic heterocycles. The first kappa shape index (κ1) is 16.5. The van der Waals surface area contributed by atoms with E-state index >= 15 is 0 Å². The summed E-state index contributed by atoms with van der Waals surface area (Å²) >= 11 is 0. The number of rotatable bonds is 5. The summed E-state index contributed by atoms with van der Waals surface area (Å²) in [6.45, 7) is -0.439. The van der Waals surface area contributed by atoms with Gasteiger partial charge >= 0.3 is 12.0 Å². The molecule has 0 unspecified atom stereocenters. The second-order valence-corrected chi connectivity index (χ2v) is 6.53. The second-order valence-electron chi connectivity index (χ2n) is 6.53. The molecule has 6 nitrogen and oxygen atoms in total. The van der Waals surface area contributed by atoms with Crippen LogP contribution in [0.4, 0.5) is 4.79 Å². The van der Waals surface area contributed by atoms with Crippen LogP contribution in [0.25, 0.3) is 0 Å². The van der Waals surface area contributed by atoms with Crippen LogP contribution >= 0.6 is 0 Å². The SMILES string of the molecule is O=C(COC(=O)C1(c2ccccc2)CC1)NC(=O)NC1CCCC1. The van der Waals surface area contributed by atoms with Crippen LogP contribution in [0.1, 0.15) is 44.1 Å². The predicted octanol–water partition coefficient (Wildman–Crippen LogP) is 2.03. The van der Waals surface area contributed by atoms with E-state index in [9.17, 15) is 14.4 Å². The summed E-state index contributed by atoms with van der Waals surface area (Å²) in [7, 11) is 0. The van der Waals surface area contributed by atoms with Crippen molar-refractivity contribution in [1.82, 2.24) is 10.6 Å². The molecule has 6 heteroatoms. The first-order chi connectivity index (χ1) is 11.6. The number of hydrogen-bond donors (Lipinski definition) is 2. The maximum atomic E-state index is 12.3. The number of esters is 1. The van der Waals surface area contributed by atoms with Crippen molar-refractivity contribution in [3.63, 3.8) is 0 Å². The number of hydrogen-bond acceptors (Lipinski definition) is 4. The van der Waals surface area contributed by atoms with Gasteiger partial charge in [0.1, 0.15) is 0 Å². The van der Waals surface area contributed by atoms with Gasteiger partial charge in [-0.1, -0.05) is 43.2 Å². The van der Waals surface area contributed by atoms with Crippen molar-refractivity contribution < 1.29 is 19.1 Å². The molecule has 1 aromatic carbocycles. The molecular weight excluding hydrogens is 308 g/mol. The van der Waals surface area contributed by atoms with Gasteiger partial charge in [0.2, 0.25) is 0 Å². The summed E-state index contributed by atoms with van der Waals surface area (Å²) in [5.41, 5.74) is 0.294. The molecule has 0 bridgehead atoms. The molecule has 0 radical (unpaired) electrons. The van der Waals surface area contributed by atoms with Gasteiger partial charge in [-0.2, -0.15) is 0 Å². The Morgan fingerprint density at radius 2 is 1.75 bits per heavy atom. The summed E-state index contributed by atoms with van der Waals surface area (Å²) in [6, 6.07) is 9.04. The third kappa shape index (κ3) is 3.75. The third-order valence-corrected chi connectivity index (χ3v) is 4.74. The van der Waals surface area contributed by atoms with Crippen molar-refractivity contribution in [2.75, 3.05) is 6.61 Å². The van der Waals surface area contributed by atoms with Crippen LogP contribution in [0.2, 0.25) is 0 Å². The van der Waals surface area contributed by atoms with Crippen molar-refractivity contribution in [3.05, 3.63) is 35.9 Å². The molecule has 2 aliphatic rings. The fourth-order valence-corrected chi connectivity index (χ4v) is 3.22. The lowest BCUT2D eigenvalue weighted by atomic mass is 9.96. The second kappa shape index (κ2) is 7.03. The Labute approximate surface area is 140 Å². The normalized spacial score (nSPS) is 18.7. The Kier molecular flexibility index (Phi) is 4.83. The Morgan fingerprint density at radius 1 is 1.08 bits per heavy atom. The van der Waals surface area contributed by atoms with Crippen LogP contribution in [0, 0.1) is 0 Å². The van der Waals surface area contributed by atoms with Crippen LogP contribution in [-0.4, -0.2) is 30.6 Å². The quantitative estimate of drug-likeness (QED) is 0.809.